The number of hydrogen-bond donors (Lipinski definition) is 0. The van der Waals surface area contributed by atoms with Gasteiger partial charge >= 0.3 is 0 Å². The van der Waals surface area contributed by atoms with Gasteiger partial charge in [0, 0.05) is 35.2 Å². The third kappa shape index (κ3) is 3.57. The van der Waals surface area contributed by atoms with Crippen LogP contribution in [0.4, 0.5) is 0 Å². The lowest BCUT2D eigenvalue weighted by Crippen LogP contribution is -2.18. The van der Waals surface area contributed by atoms with E-state index in [1.807, 2.05) is 6.07 Å². The first-order valence-electron chi connectivity index (χ1n) is 10.0. The minimum absolute atomic E-state index is 0.295. The van der Waals surface area contributed by atoms with Gasteiger partial charge in [0.2, 0.25) is 0 Å². The van der Waals surface area contributed by atoms with E-state index in [2.05, 4.69) is 65.8 Å². The molecule has 140 valence electrons. The molecule has 1 aromatic heterocycles. The van der Waals surface area contributed by atoms with Gasteiger partial charge in [-0.25, -0.2) is 0 Å². The normalized spacial score (nSPS) is 15.1. The van der Waals surface area contributed by atoms with Gasteiger partial charge in [-0.1, -0.05) is 56.3 Å². The first-order valence-corrected chi connectivity index (χ1v) is 10.0. The molecule has 0 atom stereocenters. The van der Waals surface area contributed by atoms with Crippen molar-refractivity contribution in [1.82, 2.24) is 9.47 Å². The van der Waals surface area contributed by atoms with Gasteiger partial charge in [-0.05, 0) is 49.0 Å². The number of nitrogens with zero attached hydrogens (tertiary/aromatic N) is 2. The molecule has 4 rings (SSSR count). The molecule has 0 N–H and O–H groups in total. The number of likely N-dealkylation sites (tertiary alicyclic amines) is 1. The van der Waals surface area contributed by atoms with E-state index in [1.54, 1.807) is 0 Å². The van der Waals surface area contributed by atoms with Crippen molar-refractivity contribution in [2.24, 2.45) is 0 Å². The van der Waals surface area contributed by atoms with Crippen LogP contribution in [0.3, 0.4) is 0 Å². The molecule has 3 aromatic rings. The fraction of sp³-hybridized carbons (Fsp3) is 0.375. The zero-order chi connectivity index (χ0) is 18.8. The number of benzene rings is 2. The van der Waals surface area contributed by atoms with E-state index in [0.717, 1.165) is 36.0 Å². The molecule has 0 unspecified atom stereocenters. The second-order valence-electron chi connectivity index (χ2n) is 7.98. The molecule has 3 heteroatoms. The summed E-state index contributed by atoms with van der Waals surface area (Å²) in [4.78, 5) is 14.5. The van der Waals surface area contributed by atoms with Gasteiger partial charge in [-0.3, -0.25) is 9.69 Å². The summed E-state index contributed by atoms with van der Waals surface area (Å²) in [5.74, 6) is 0.295. The Hall–Kier alpha value is -2.39. The number of aldehydes is 1. The lowest BCUT2D eigenvalue weighted by atomic mass is 10.0. The van der Waals surface area contributed by atoms with Crippen LogP contribution in [0, 0.1) is 0 Å². The molecule has 27 heavy (non-hydrogen) atoms. The van der Waals surface area contributed by atoms with Crippen molar-refractivity contribution >= 4 is 17.2 Å². The molecule has 1 saturated heterocycles. The average molecular weight is 361 g/mol. The molecule has 2 heterocycles. The zero-order valence-electron chi connectivity index (χ0n) is 16.3. The first-order chi connectivity index (χ1) is 13.2. The summed E-state index contributed by atoms with van der Waals surface area (Å²) in [6.07, 6.45) is 3.65. The Kier molecular flexibility index (Phi) is 5.13. The van der Waals surface area contributed by atoms with Crippen LogP contribution >= 0.6 is 0 Å². The molecule has 1 aliphatic heterocycles. The minimum atomic E-state index is 0.295. The Bertz CT molecular complexity index is 934. The molecule has 3 nitrogen and oxygen atoms in total. The predicted molar refractivity (Wildman–Crippen MR) is 111 cm³/mol. The monoisotopic (exact) mass is 360 g/mol. The van der Waals surface area contributed by atoms with Crippen molar-refractivity contribution in [2.75, 3.05) is 13.1 Å². The number of aromatic nitrogens is 1. The summed E-state index contributed by atoms with van der Waals surface area (Å²) in [6, 6.07) is 17.2. The Morgan fingerprint density at radius 3 is 2.37 bits per heavy atom. The molecular formula is C24H28N2O. The maximum absolute atomic E-state index is 12.0. The molecule has 1 aliphatic rings. The van der Waals surface area contributed by atoms with Crippen LogP contribution in [-0.2, 0) is 13.1 Å². The van der Waals surface area contributed by atoms with Gasteiger partial charge in [0.1, 0.15) is 0 Å². The van der Waals surface area contributed by atoms with Crippen molar-refractivity contribution in [1.29, 1.82) is 0 Å². The zero-order valence-corrected chi connectivity index (χ0v) is 16.3. The van der Waals surface area contributed by atoms with Crippen molar-refractivity contribution < 1.29 is 4.79 Å². The Morgan fingerprint density at radius 1 is 0.963 bits per heavy atom. The maximum Gasteiger partial charge on any atom is 0.152 e. The van der Waals surface area contributed by atoms with Crippen LogP contribution in [0.25, 0.3) is 10.9 Å². The van der Waals surface area contributed by atoms with Gasteiger partial charge in [0.25, 0.3) is 0 Å². The van der Waals surface area contributed by atoms with Gasteiger partial charge in [-0.15, -0.1) is 0 Å². The highest BCUT2D eigenvalue weighted by Crippen LogP contribution is 2.32. The topological polar surface area (TPSA) is 25.2 Å². The van der Waals surface area contributed by atoms with Gasteiger partial charge in [0.15, 0.2) is 6.29 Å². The highest BCUT2D eigenvalue weighted by molar-refractivity contribution is 6.00. The number of fused-ring (bicyclic) bond motifs is 1. The SMILES string of the molecule is CC(C)c1c(C=O)c2ccc(CN3CCCC3)cc2n1Cc1ccccc1. The van der Waals surface area contributed by atoms with Gasteiger partial charge in [-0.2, -0.15) is 0 Å². The lowest BCUT2D eigenvalue weighted by molar-refractivity contribution is 0.112. The van der Waals surface area contributed by atoms with Crippen LogP contribution in [0.5, 0.6) is 0 Å². The van der Waals surface area contributed by atoms with E-state index in [1.165, 1.54) is 42.6 Å². The molecule has 1 fully saturated rings. The molecular weight excluding hydrogens is 332 g/mol. The summed E-state index contributed by atoms with van der Waals surface area (Å²) in [5, 5.41) is 1.08. The fourth-order valence-corrected chi connectivity index (χ4v) is 4.42. The molecule has 0 spiro atoms. The van der Waals surface area contributed by atoms with Crippen LogP contribution in [-0.4, -0.2) is 28.8 Å². The van der Waals surface area contributed by atoms with E-state index >= 15 is 0 Å². The summed E-state index contributed by atoms with van der Waals surface area (Å²) < 4.78 is 2.35. The van der Waals surface area contributed by atoms with Crippen molar-refractivity contribution in [3.63, 3.8) is 0 Å². The van der Waals surface area contributed by atoms with Crippen LogP contribution in [0.2, 0.25) is 0 Å². The summed E-state index contributed by atoms with van der Waals surface area (Å²) >= 11 is 0. The molecule has 2 aromatic carbocycles. The number of carbonyl (C=O) groups is 1. The summed E-state index contributed by atoms with van der Waals surface area (Å²) in [7, 11) is 0. The molecule has 0 saturated carbocycles. The Labute approximate surface area is 161 Å². The Morgan fingerprint density at radius 2 is 1.70 bits per heavy atom. The maximum atomic E-state index is 12.0. The van der Waals surface area contributed by atoms with Crippen molar-refractivity contribution in [2.45, 2.75) is 45.7 Å². The van der Waals surface area contributed by atoms with E-state index in [4.69, 9.17) is 0 Å². The highest BCUT2D eigenvalue weighted by atomic mass is 16.1. The molecule has 0 amide bonds. The van der Waals surface area contributed by atoms with E-state index < -0.39 is 0 Å². The predicted octanol–water partition coefficient (Wildman–Crippen LogP) is 5.22. The van der Waals surface area contributed by atoms with Crippen molar-refractivity contribution in [3.05, 3.63) is 70.9 Å². The Balaban J connectivity index is 1.82. The molecule has 0 bridgehead atoms. The van der Waals surface area contributed by atoms with E-state index in [0.29, 0.717) is 5.92 Å². The summed E-state index contributed by atoms with van der Waals surface area (Å²) in [6.45, 7) is 8.53. The van der Waals surface area contributed by atoms with Crippen LogP contribution < -0.4 is 0 Å². The average Bonchev–Trinajstić information content (AvgIpc) is 3.28. The van der Waals surface area contributed by atoms with Crippen molar-refractivity contribution in [3.8, 4) is 0 Å². The molecule has 0 radical (unpaired) electrons. The highest BCUT2D eigenvalue weighted by Gasteiger charge is 2.20. The standard InChI is InChI=1S/C24H28N2O/c1-18(2)24-22(17-27)21-11-10-20(15-25-12-6-7-13-25)14-23(21)26(24)16-19-8-4-3-5-9-19/h3-5,8-11,14,17-18H,6-7,12-13,15-16H2,1-2H3. The summed E-state index contributed by atoms with van der Waals surface area (Å²) in [5.41, 5.74) is 5.77. The van der Waals surface area contributed by atoms with E-state index in [9.17, 15) is 4.79 Å². The largest absolute Gasteiger partial charge is 0.339 e. The fourth-order valence-electron chi connectivity index (χ4n) is 4.42. The lowest BCUT2D eigenvalue weighted by Gasteiger charge is -2.16. The number of hydrogen-bond acceptors (Lipinski definition) is 2. The quantitative estimate of drug-likeness (QED) is 0.563. The first kappa shape index (κ1) is 18.0. The second-order valence-corrected chi connectivity index (χ2v) is 7.98. The van der Waals surface area contributed by atoms with Gasteiger partial charge in [0.05, 0.1) is 0 Å². The third-order valence-electron chi connectivity index (χ3n) is 5.66. The van der Waals surface area contributed by atoms with Gasteiger partial charge < -0.3 is 4.57 Å². The van der Waals surface area contributed by atoms with E-state index in [-0.39, 0.29) is 0 Å². The van der Waals surface area contributed by atoms with Crippen LogP contribution in [0.15, 0.2) is 48.5 Å². The number of carbonyl (C=O) groups excluding carboxylic acids is 1. The number of rotatable bonds is 6. The third-order valence-corrected chi connectivity index (χ3v) is 5.66. The van der Waals surface area contributed by atoms with Crippen LogP contribution in [0.1, 0.15) is 59.8 Å². The smallest absolute Gasteiger partial charge is 0.152 e. The second kappa shape index (κ2) is 7.69. The minimum Gasteiger partial charge on any atom is -0.339 e. The molecule has 0 aliphatic carbocycles.